The molecule has 0 radical (unpaired) electrons. The molecule has 0 aromatic heterocycles. The quantitative estimate of drug-likeness (QED) is 0.756. The van der Waals surface area contributed by atoms with E-state index < -0.39 is 0 Å². The van der Waals surface area contributed by atoms with Crippen molar-refractivity contribution in [1.82, 2.24) is 9.80 Å². The number of hydrogen-bond donors (Lipinski definition) is 0. The molecule has 126 valence electrons. The van der Waals surface area contributed by atoms with Gasteiger partial charge >= 0.3 is 0 Å². The molecule has 0 unspecified atom stereocenters. The molecule has 2 heteroatoms. The maximum absolute atomic E-state index is 2.87. The van der Waals surface area contributed by atoms with Crippen LogP contribution in [0.1, 0.15) is 72.1 Å². The Kier molecular flexibility index (Phi) is 3.85. The molecule has 0 aromatic carbocycles. The molecule has 0 amide bonds. The Hall–Kier alpha value is -0.0800. The molecule has 4 fully saturated rings. The summed E-state index contributed by atoms with van der Waals surface area (Å²) in [6.07, 6.45) is 12.0. The van der Waals surface area contributed by atoms with Crippen LogP contribution in [0.25, 0.3) is 0 Å². The van der Waals surface area contributed by atoms with E-state index in [-0.39, 0.29) is 0 Å². The van der Waals surface area contributed by atoms with Gasteiger partial charge in [-0.15, -0.1) is 0 Å². The summed E-state index contributed by atoms with van der Waals surface area (Å²) in [5, 5.41) is 0. The van der Waals surface area contributed by atoms with Gasteiger partial charge in [-0.2, -0.15) is 0 Å². The summed E-state index contributed by atoms with van der Waals surface area (Å²) in [5.74, 6) is 1.02. The molecule has 0 atom stereocenters. The van der Waals surface area contributed by atoms with Gasteiger partial charge in [0, 0.05) is 12.1 Å². The highest BCUT2D eigenvalue weighted by molar-refractivity contribution is 5.04. The highest BCUT2D eigenvalue weighted by atomic mass is 15.2. The van der Waals surface area contributed by atoms with E-state index in [4.69, 9.17) is 0 Å². The zero-order valence-electron chi connectivity index (χ0n) is 15.1. The lowest BCUT2D eigenvalue weighted by molar-refractivity contribution is -0.0808. The lowest BCUT2D eigenvalue weighted by atomic mass is 9.56. The van der Waals surface area contributed by atoms with Crippen LogP contribution >= 0.6 is 0 Å². The van der Waals surface area contributed by atoms with Gasteiger partial charge in [0.05, 0.1) is 0 Å². The SMILES string of the molecule is CC1CC2(CCN(C3CC4(CCN(C(C)C)CC4)C3)CC2)C1. The third-order valence-corrected chi connectivity index (χ3v) is 7.86. The lowest BCUT2D eigenvalue weighted by Crippen LogP contribution is -2.58. The first kappa shape index (κ1) is 15.4. The van der Waals surface area contributed by atoms with Gasteiger partial charge in [-0.3, -0.25) is 0 Å². The molecular weight excluding hydrogens is 268 g/mol. The summed E-state index contributed by atoms with van der Waals surface area (Å²) >= 11 is 0. The minimum Gasteiger partial charge on any atom is -0.301 e. The van der Waals surface area contributed by atoms with Crippen LogP contribution < -0.4 is 0 Å². The van der Waals surface area contributed by atoms with Gasteiger partial charge in [0.1, 0.15) is 0 Å². The van der Waals surface area contributed by atoms with Gasteiger partial charge in [-0.25, -0.2) is 0 Å². The first-order chi connectivity index (χ1) is 10.5. The van der Waals surface area contributed by atoms with Crippen molar-refractivity contribution in [3.63, 3.8) is 0 Å². The molecule has 2 aliphatic carbocycles. The van der Waals surface area contributed by atoms with Crippen molar-refractivity contribution < 1.29 is 0 Å². The molecular formula is C20H36N2. The second-order valence-corrected chi connectivity index (χ2v) is 9.74. The third kappa shape index (κ3) is 2.65. The van der Waals surface area contributed by atoms with Crippen LogP contribution in [0, 0.1) is 16.7 Å². The van der Waals surface area contributed by atoms with Gasteiger partial charge in [-0.1, -0.05) is 6.92 Å². The van der Waals surface area contributed by atoms with Crippen molar-refractivity contribution in [2.45, 2.75) is 84.2 Å². The van der Waals surface area contributed by atoms with Crippen LogP contribution in [-0.2, 0) is 0 Å². The van der Waals surface area contributed by atoms with Crippen molar-refractivity contribution in [3.8, 4) is 0 Å². The van der Waals surface area contributed by atoms with Crippen LogP contribution in [0.3, 0.4) is 0 Å². The summed E-state index contributed by atoms with van der Waals surface area (Å²) in [5.41, 5.74) is 1.54. The Morgan fingerprint density at radius 3 is 1.77 bits per heavy atom. The number of nitrogens with zero attached hydrogens (tertiary/aromatic N) is 2. The summed E-state index contributed by atoms with van der Waals surface area (Å²) < 4.78 is 0. The fourth-order valence-electron chi connectivity index (χ4n) is 6.31. The maximum Gasteiger partial charge on any atom is 0.0106 e. The first-order valence-electron chi connectivity index (χ1n) is 9.97. The number of piperidine rings is 2. The van der Waals surface area contributed by atoms with Crippen LogP contribution in [-0.4, -0.2) is 48.1 Å². The van der Waals surface area contributed by atoms with Crippen LogP contribution in [0.2, 0.25) is 0 Å². The average molecular weight is 305 g/mol. The fourth-order valence-corrected chi connectivity index (χ4v) is 6.31. The highest BCUT2D eigenvalue weighted by Gasteiger charge is 2.50. The van der Waals surface area contributed by atoms with Gasteiger partial charge < -0.3 is 9.80 Å². The summed E-state index contributed by atoms with van der Waals surface area (Å²) in [7, 11) is 0. The van der Waals surface area contributed by atoms with Crippen molar-refractivity contribution in [3.05, 3.63) is 0 Å². The molecule has 0 aromatic rings. The minimum atomic E-state index is 0.746. The summed E-state index contributed by atoms with van der Waals surface area (Å²) in [6, 6.07) is 1.69. The average Bonchev–Trinajstić information content (AvgIpc) is 2.44. The standard InChI is InChI=1S/C20H36N2/c1-16(2)21-8-4-20(5-9-21)14-18(15-20)22-10-6-19(7-11-22)12-17(3)13-19/h16-18H,4-15H2,1-3H3. The minimum absolute atomic E-state index is 0.746. The molecule has 2 nitrogen and oxygen atoms in total. The topological polar surface area (TPSA) is 6.48 Å². The van der Waals surface area contributed by atoms with E-state index in [9.17, 15) is 0 Å². The van der Waals surface area contributed by atoms with Crippen molar-refractivity contribution >= 4 is 0 Å². The van der Waals surface area contributed by atoms with Crippen LogP contribution in [0.15, 0.2) is 0 Å². The van der Waals surface area contributed by atoms with Crippen molar-refractivity contribution in [2.75, 3.05) is 26.2 Å². The van der Waals surface area contributed by atoms with Crippen molar-refractivity contribution in [1.29, 1.82) is 0 Å². The molecule has 4 aliphatic rings. The molecule has 2 saturated heterocycles. The Bertz CT molecular complexity index is 384. The Balaban J connectivity index is 1.23. The number of likely N-dealkylation sites (tertiary alicyclic amines) is 2. The van der Waals surface area contributed by atoms with Crippen LogP contribution in [0.5, 0.6) is 0 Å². The largest absolute Gasteiger partial charge is 0.301 e. The molecule has 4 rings (SSSR count). The van der Waals surface area contributed by atoms with Gasteiger partial charge in [0.2, 0.25) is 0 Å². The Labute approximate surface area is 137 Å². The zero-order valence-corrected chi connectivity index (χ0v) is 15.1. The van der Waals surface area contributed by atoms with E-state index in [2.05, 4.69) is 30.6 Å². The number of rotatable bonds is 2. The fraction of sp³-hybridized carbons (Fsp3) is 1.00. The second-order valence-electron chi connectivity index (χ2n) is 9.74. The molecule has 22 heavy (non-hydrogen) atoms. The van der Waals surface area contributed by atoms with E-state index in [0.717, 1.165) is 28.8 Å². The predicted octanol–water partition coefficient (Wildman–Crippen LogP) is 4.15. The summed E-state index contributed by atoms with van der Waals surface area (Å²) in [6.45, 7) is 12.7. The summed E-state index contributed by atoms with van der Waals surface area (Å²) in [4.78, 5) is 5.55. The smallest absolute Gasteiger partial charge is 0.0106 e. The van der Waals surface area contributed by atoms with E-state index in [1.807, 2.05) is 0 Å². The molecule has 0 N–H and O–H groups in total. The molecule has 2 aliphatic heterocycles. The first-order valence-corrected chi connectivity index (χ1v) is 9.97. The molecule has 0 bridgehead atoms. The Morgan fingerprint density at radius 1 is 0.773 bits per heavy atom. The predicted molar refractivity (Wildman–Crippen MR) is 93.0 cm³/mol. The maximum atomic E-state index is 2.87. The zero-order chi connectivity index (χ0) is 15.4. The van der Waals surface area contributed by atoms with Crippen LogP contribution in [0.4, 0.5) is 0 Å². The van der Waals surface area contributed by atoms with Crippen molar-refractivity contribution in [2.24, 2.45) is 16.7 Å². The molecule has 2 saturated carbocycles. The van der Waals surface area contributed by atoms with E-state index in [0.29, 0.717) is 0 Å². The normalized spacial score (nSPS) is 35.7. The van der Waals surface area contributed by atoms with Gasteiger partial charge in [0.25, 0.3) is 0 Å². The monoisotopic (exact) mass is 304 g/mol. The molecule has 2 spiro atoms. The third-order valence-electron chi connectivity index (χ3n) is 7.86. The van der Waals surface area contributed by atoms with E-state index in [1.54, 1.807) is 0 Å². The Morgan fingerprint density at radius 2 is 1.27 bits per heavy atom. The van der Waals surface area contributed by atoms with E-state index in [1.165, 1.54) is 77.5 Å². The van der Waals surface area contributed by atoms with Gasteiger partial charge in [0.15, 0.2) is 0 Å². The lowest BCUT2D eigenvalue weighted by Gasteiger charge is -2.59. The second kappa shape index (κ2) is 5.48. The number of hydrogen-bond acceptors (Lipinski definition) is 2. The highest BCUT2D eigenvalue weighted by Crippen LogP contribution is 2.55. The molecule has 2 heterocycles. The van der Waals surface area contributed by atoms with E-state index >= 15 is 0 Å². The van der Waals surface area contributed by atoms with Gasteiger partial charge in [-0.05, 0) is 108 Å².